The van der Waals surface area contributed by atoms with Crippen molar-refractivity contribution >= 4 is 11.5 Å². The van der Waals surface area contributed by atoms with Crippen LogP contribution in [0, 0.1) is 18.3 Å². The summed E-state index contributed by atoms with van der Waals surface area (Å²) >= 11 is 0. The Morgan fingerprint density at radius 3 is 2.57 bits per heavy atom. The zero-order valence-electron chi connectivity index (χ0n) is 15.4. The third-order valence-corrected chi connectivity index (χ3v) is 5.53. The van der Waals surface area contributed by atoms with E-state index in [9.17, 15) is 4.39 Å². The van der Waals surface area contributed by atoms with Crippen LogP contribution in [0.2, 0.25) is 0 Å². The molecule has 1 saturated carbocycles. The molecule has 0 aliphatic heterocycles. The molecule has 0 radical (unpaired) electrons. The molecule has 0 amide bonds. The molecule has 5 nitrogen and oxygen atoms in total. The van der Waals surface area contributed by atoms with Gasteiger partial charge in [0.05, 0.1) is 30.1 Å². The normalized spacial score (nSPS) is 14.9. The predicted octanol–water partition coefficient (Wildman–Crippen LogP) is 5.53. The number of benzene rings is 1. The van der Waals surface area contributed by atoms with Gasteiger partial charge in [-0.1, -0.05) is 6.57 Å². The summed E-state index contributed by atoms with van der Waals surface area (Å²) in [5, 5.41) is 0. The van der Waals surface area contributed by atoms with Crippen molar-refractivity contribution in [2.75, 3.05) is 0 Å². The fourth-order valence-electron chi connectivity index (χ4n) is 3.77. The summed E-state index contributed by atoms with van der Waals surface area (Å²) in [6.45, 7) is 9.59. The van der Waals surface area contributed by atoms with Crippen molar-refractivity contribution in [2.24, 2.45) is 5.92 Å². The minimum absolute atomic E-state index is 0.266. The molecule has 0 N–H and O–H groups in total. The van der Waals surface area contributed by atoms with Crippen LogP contribution in [0.15, 0.2) is 55.1 Å². The van der Waals surface area contributed by atoms with E-state index in [4.69, 9.17) is 6.57 Å². The van der Waals surface area contributed by atoms with Crippen molar-refractivity contribution in [3.63, 3.8) is 0 Å². The van der Waals surface area contributed by atoms with Crippen molar-refractivity contribution in [3.8, 4) is 22.5 Å². The summed E-state index contributed by atoms with van der Waals surface area (Å²) in [4.78, 5) is 12.5. The number of imidazole rings is 2. The Hall–Kier alpha value is -3.46. The van der Waals surface area contributed by atoms with Crippen LogP contribution < -0.4 is 0 Å². The second-order valence-electron chi connectivity index (χ2n) is 7.31. The number of rotatable bonds is 4. The maximum absolute atomic E-state index is 13.4. The lowest BCUT2D eigenvalue weighted by Gasteiger charge is -2.17. The quantitative estimate of drug-likeness (QED) is 0.443. The van der Waals surface area contributed by atoms with Crippen molar-refractivity contribution in [1.29, 1.82) is 0 Å². The molecule has 1 atom stereocenters. The van der Waals surface area contributed by atoms with E-state index in [1.54, 1.807) is 22.7 Å². The first kappa shape index (κ1) is 16.7. The Bertz CT molecular complexity index is 1210. The molecule has 6 heteroatoms. The zero-order chi connectivity index (χ0) is 19.3. The van der Waals surface area contributed by atoms with E-state index in [0.717, 1.165) is 28.2 Å². The summed E-state index contributed by atoms with van der Waals surface area (Å²) in [7, 11) is 0. The Morgan fingerprint density at radius 2 is 1.86 bits per heavy atom. The maximum Gasteiger partial charge on any atom is 0.254 e. The van der Waals surface area contributed by atoms with Gasteiger partial charge < -0.3 is 9.41 Å². The van der Waals surface area contributed by atoms with Gasteiger partial charge in [0.1, 0.15) is 5.82 Å². The molecule has 0 saturated heterocycles. The summed E-state index contributed by atoms with van der Waals surface area (Å²) in [5.41, 5.74) is 4.36. The molecule has 1 aliphatic rings. The Morgan fingerprint density at radius 1 is 1.11 bits per heavy atom. The lowest BCUT2D eigenvalue weighted by molar-refractivity contribution is 0.489. The van der Waals surface area contributed by atoms with E-state index in [2.05, 4.69) is 26.3 Å². The molecule has 3 heterocycles. The van der Waals surface area contributed by atoms with Crippen molar-refractivity contribution < 1.29 is 4.39 Å². The van der Waals surface area contributed by atoms with Gasteiger partial charge in [0.15, 0.2) is 0 Å². The highest BCUT2D eigenvalue weighted by Crippen LogP contribution is 2.43. The number of aromatic nitrogens is 4. The summed E-state index contributed by atoms with van der Waals surface area (Å²) in [6.07, 6.45) is 7.86. The maximum atomic E-state index is 13.4. The second-order valence-corrected chi connectivity index (χ2v) is 7.31. The number of fused-ring (bicyclic) bond motifs is 1. The molecule has 1 fully saturated rings. The molecule has 1 unspecified atom stereocenters. The lowest BCUT2D eigenvalue weighted by atomic mass is 10.0. The van der Waals surface area contributed by atoms with Crippen molar-refractivity contribution in [1.82, 2.24) is 18.9 Å². The van der Waals surface area contributed by atoms with Crippen LogP contribution in [0.4, 0.5) is 10.2 Å². The van der Waals surface area contributed by atoms with E-state index in [0.29, 0.717) is 17.8 Å². The molecule has 138 valence electrons. The molecule has 0 spiro atoms. The van der Waals surface area contributed by atoms with E-state index in [1.165, 1.54) is 25.0 Å². The number of nitrogens with zero attached hydrogens (tertiary/aromatic N) is 5. The molecular weight excluding hydrogens is 353 g/mol. The first-order chi connectivity index (χ1) is 13.7. The van der Waals surface area contributed by atoms with Gasteiger partial charge in [0, 0.05) is 23.2 Å². The molecule has 0 bridgehead atoms. The largest absolute Gasteiger partial charge is 0.362 e. The fraction of sp³-hybridized carbons (Fsp3) is 0.227. The van der Waals surface area contributed by atoms with Crippen LogP contribution in [-0.4, -0.2) is 18.9 Å². The smallest absolute Gasteiger partial charge is 0.254 e. The lowest BCUT2D eigenvalue weighted by Crippen LogP contribution is -2.08. The predicted molar refractivity (Wildman–Crippen MR) is 106 cm³/mol. The highest BCUT2D eigenvalue weighted by Gasteiger charge is 2.31. The minimum atomic E-state index is -0.266. The highest BCUT2D eigenvalue weighted by atomic mass is 19.1. The van der Waals surface area contributed by atoms with Gasteiger partial charge in [0.25, 0.3) is 5.82 Å². The van der Waals surface area contributed by atoms with Crippen molar-refractivity contribution in [3.05, 3.63) is 72.4 Å². The third kappa shape index (κ3) is 2.67. The highest BCUT2D eigenvalue weighted by molar-refractivity contribution is 5.79. The number of hydrogen-bond acceptors (Lipinski definition) is 2. The van der Waals surface area contributed by atoms with Crippen LogP contribution in [-0.2, 0) is 0 Å². The zero-order valence-corrected chi connectivity index (χ0v) is 15.4. The van der Waals surface area contributed by atoms with E-state index in [1.807, 2.05) is 24.7 Å². The molecular formula is C22H18FN5. The van der Waals surface area contributed by atoms with E-state index >= 15 is 0 Å². The molecule has 1 aromatic carbocycles. The summed E-state index contributed by atoms with van der Waals surface area (Å²) in [6, 6.07) is 10.7. The first-order valence-electron chi connectivity index (χ1n) is 9.33. The number of pyridine rings is 1. The molecule has 28 heavy (non-hydrogen) atoms. The summed E-state index contributed by atoms with van der Waals surface area (Å²) in [5.74, 6) is 0.865. The van der Waals surface area contributed by atoms with Crippen molar-refractivity contribution in [2.45, 2.75) is 25.8 Å². The topological polar surface area (TPSA) is 39.5 Å². The van der Waals surface area contributed by atoms with Crippen LogP contribution in [0.25, 0.3) is 33.0 Å². The van der Waals surface area contributed by atoms with E-state index < -0.39 is 0 Å². The summed E-state index contributed by atoms with van der Waals surface area (Å²) < 4.78 is 17.4. The van der Waals surface area contributed by atoms with Crippen LogP contribution >= 0.6 is 0 Å². The van der Waals surface area contributed by atoms with Crippen LogP contribution in [0.5, 0.6) is 0 Å². The van der Waals surface area contributed by atoms with Gasteiger partial charge in [0.2, 0.25) is 5.65 Å². The van der Waals surface area contributed by atoms with Gasteiger partial charge in [-0.2, -0.15) is 0 Å². The monoisotopic (exact) mass is 371 g/mol. The first-order valence-corrected chi connectivity index (χ1v) is 9.33. The third-order valence-electron chi connectivity index (χ3n) is 5.53. The minimum Gasteiger partial charge on any atom is -0.362 e. The van der Waals surface area contributed by atoms with Gasteiger partial charge in [-0.15, -0.1) is 0 Å². The van der Waals surface area contributed by atoms with Crippen LogP contribution in [0.1, 0.15) is 25.8 Å². The SMILES string of the molecule is [C-]#[N+]c1cnc2ccc(-c3c(-c4ccc(F)cc4)ncn3C(C)C3CC3)cn12. The average molecular weight is 371 g/mol. The molecule has 5 rings (SSSR count). The Kier molecular flexibility index (Phi) is 3.76. The van der Waals surface area contributed by atoms with Gasteiger partial charge in [-0.05, 0) is 56.0 Å². The Labute approximate surface area is 161 Å². The molecule has 4 aromatic rings. The van der Waals surface area contributed by atoms with Gasteiger partial charge in [-0.25, -0.2) is 18.8 Å². The standard InChI is InChI=1S/C22H18FN5/c1-14(15-3-4-15)28-13-26-21(16-5-8-18(23)9-6-16)22(28)17-7-10-19-25-11-20(24-2)27(19)12-17/h5-15H,3-4H2,1H3. The molecule has 1 aliphatic carbocycles. The second kappa shape index (κ2) is 6.31. The Balaban J connectivity index is 1.73. The van der Waals surface area contributed by atoms with Crippen LogP contribution in [0.3, 0.4) is 0 Å². The number of hydrogen-bond donors (Lipinski definition) is 0. The van der Waals surface area contributed by atoms with E-state index in [-0.39, 0.29) is 5.82 Å². The van der Waals surface area contributed by atoms with Gasteiger partial charge >= 0.3 is 0 Å². The molecule has 3 aromatic heterocycles. The number of halogens is 1. The van der Waals surface area contributed by atoms with Gasteiger partial charge in [-0.3, -0.25) is 0 Å². The fourth-order valence-corrected chi connectivity index (χ4v) is 3.77. The average Bonchev–Trinajstić information content (AvgIpc) is 3.34.